The normalized spacial score (nSPS) is 11.4. The Balaban J connectivity index is 2.49. The van der Waals surface area contributed by atoms with E-state index >= 15 is 0 Å². The molecule has 0 amide bonds. The van der Waals surface area contributed by atoms with Crippen LogP contribution in [0.5, 0.6) is 0 Å². The van der Waals surface area contributed by atoms with Crippen LogP contribution in [0, 0.1) is 12.7 Å². The summed E-state index contributed by atoms with van der Waals surface area (Å²) in [5.41, 5.74) is 0.225. The molecule has 106 valence electrons. The number of nitrogens with zero attached hydrogens (tertiary/aromatic N) is 2. The fourth-order valence-corrected chi connectivity index (χ4v) is 3.33. The molecule has 9 heteroatoms. The molecule has 0 aliphatic heterocycles. The number of halogens is 3. The molecule has 1 aromatic carbocycles. The highest BCUT2D eigenvalue weighted by Gasteiger charge is 2.21. The highest BCUT2D eigenvalue weighted by molar-refractivity contribution is 7.92. The van der Waals surface area contributed by atoms with Gasteiger partial charge in [-0.3, -0.25) is 4.72 Å². The van der Waals surface area contributed by atoms with Crippen molar-refractivity contribution < 1.29 is 12.8 Å². The lowest BCUT2D eigenvalue weighted by Crippen LogP contribution is -2.15. The summed E-state index contributed by atoms with van der Waals surface area (Å²) in [6.07, 6.45) is 1.09. The first kappa shape index (κ1) is 15.0. The van der Waals surface area contributed by atoms with Crippen molar-refractivity contribution >= 4 is 38.9 Å². The Kier molecular flexibility index (Phi) is 4.12. The summed E-state index contributed by atoms with van der Waals surface area (Å²) in [6.45, 7) is 1.54. The van der Waals surface area contributed by atoms with Gasteiger partial charge in [0.05, 0.1) is 4.90 Å². The third-order valence-corrected chi connectivity index (χ3v) is 4.50. The predicted octanol–water partition coefficient (Wildman–Crippen LogP) is 3.03. The second kappa shape index (κ2) is 5.51. The molecule has 5 nitrogen and oxygen atoms in total. The molecule has 0 atom stereocenters. The van der Waals surface area contributed by atoms with Crippen LogP contribution in [-0.2, 0) is 10.0 Å². The van der Waals surface area contributed by atoms with Gasteiger partial charge in [0.25, 0.3) is 10.0 Å². The quantitative estimate of drug-likeness (QED) is 0.875. The zero-order valence-corrected chi connectivity index (χ0v) is 12.4. The largest absolute Gasteiger partial charge is 0.274 e. The van der Waals surface area contributed by atoms with Crippen LogP contribution in [0.1, 0.15) is 5.56 Å². The third kappa shape index (κ3) is 3.00. The SMILES string of the molecule is Cc1ccc(F)cc1S(=O)(=O)Nc1c(Cl)ncnc1Cl. The van der Waals surface area contributed by atoms with E-state index in [1.54, 1.807) is 6.92 Å². The molecule has 0 aliphatic carbocycles. The first-order valence-electron chi connectivity index (χ1n) is 5.26. The molecule has 1 heterocycles. The molecule has 1 aromatic heterocycles. The minimum Gasteiger partial charge on any atom is -0.274 e. The van der Waals surface area contributed by atoms with Crippen molar-refractivity contribution in [2.45, 2.75) is 11.8 Å². The van der Waals surface area contributed by atoms with Gasteiger partial charge in [0.2, 0.25) is 0 Å². The van der Waals surface area contributed by atoms with E-state index in [4.69, 9.17) is 23.2 Å². The molecule has 20 heavy (non-hydrogen) atoms. The van der Waals surface area contributed by atoms with Gasteiger partial charge in [-0.2, -0.15) is 0 Å². The van der Waals surface area contributed by atoms with Crippen LogP contribution in [0.15, 0.2) is 29.4 Å². The molecule has 0 unspecified atom stereocenters. The van der Waals surface area contributed by atoms with Gasteiger partial charge < -0.3 is 0 Å². The van der Waals surface area contributed by atoms with E-state index in [0.717, 1.165) is 12.4 Å². The summed E-state index contributed by atoms with van der Waals surface area (Å²) >= 11 is 11.5. The Bertz CT molecular complexity index is 748. The summed E-state index contributed by atoms with van der Waals surface area (Å²) in [4.78, 5) is 7.04. The van der Waals surface area contributed by atoms with Gasteiger partial charge in [0.1, 0.15) is 17.8 Å². The number of rotatable bonds is 3. The van der Waals surface area contributed by atoms with Crippen LogP contribution < -0.4 is 4.72 Å². The number of aromatic nitrogens is 2. The minimum atomic E-state index is -4.05. The van der Waals surface area contributed by atoms with E-state index in [9.17, 15) is 12.8 Å². The molecular formula is C11H8Cl2FN3O2S. The van der Waals surface area contributed by atoms with Gasteiger partial charge in [-0.25, -0.2) is 22.8 Å². The number of sulfonamides is 1. The van der Waals surface area contributed by atoms with Crippen LogP contribution >= 0.6 is 23.2 Å². The van der Waals surface area contributed by atoms with Gasteiger partial charge in [0.15, 0.2) is 10.3 Å². The Morgan fingerprint density at radius 3 is 2.40 bits per heavy atom. The van der Waals surface area contributed by atoms with Crippen molar-refractivity contribution in [1.82, 2.24) is 9.97 Å². The molecule has 0 aliphatic rings. The number of anilines is 1. The number of benzene rings is 1. The number of hydrogen-bond donors (Lipinski definition) is 1. The number of aryl methyl sites for hydroxylation is 1. The van der Waals surface area contributed by atoms with Crippen molar-refractivity contribution in [3.63, 3.8) is 0 Å². The molecule has 2 rings (SSSR count). The zero-order valence-electron chi connectivity index (χ0n) is 10.1. The maximum absolute atomic E-state index is 13.2. The van der Waals surface area contributed by atoms with E-state index in [0.29, 0.717) is 5.56 Å². The smallest absolute Gasteiger partial charge is 0.262 e. The van der Waals surface area contributed by atoms with Crippen molar-refractivity contribution in [1.29, 1.82) is 0 Å². The van der Waals surface area contributed by atoms with Crippen molar-refractivity contribution in [2.24, 2.45) is 0 Å². The predicted molar refractivity (Wildman–Crippen MR) is 74.0 cm³/mol. The van der Waals surface area contributed by atoms with E-state index in [2.05, 4.69) is 14.7 Å². The van der Waals surface area contributed by atoms with E-state index < -0.39 is 15.8 Å². The van der Waals surface area contributed by atoms with Crippen LogP contribution in [-0.4, -0.2) is 18.4 Å². The van der Waals surface area contributed by atoms with E-state index in [1.807, 2.05) is 0 Å². The molecular weight excluding hydrogens is 328 g/mol. The lowest BCUT2D eigenvalue weighted by atomic mass is 10.2. The fraction of sp³-hybridized carbons (Fsp3) is 0.0909. The molecule has 0 saturated carbocycles. The van der Waals surface area contributed by atoms with Gasteiger partial charge in [0, 0.05) is 0 Å². The van der Waals surface area contributed by atoms with Gasteiger partial charge >= 0.3 is 0 Å². The Morgan fingerprint density at radius 1 is 1.20 bits per heavy atom. The zero-order chi connectivity index (χ0) is 14.9. The van der Waals surface area contributed by atoms with E-state index in [-0.39, 0.29) is 20.9 Å². The third-order valence-electron chi connectivity index (χ3n) is 2.43. The summed E-state index contributed by atoms with van der Waals surface area (Å²) in [5, 5.41) is -0.301. The average molecular weight is 336 g/mol. The van der Waals surface area contributed by atoms with Crippen LogP contribution in [0.3, 0.4) is 0 Å². The first-order valence-corrected chi connectivity index (χ1v) is 7.50. The topological polar surface area (TPSA) is 72.0 Å². The lowest BCUT2D eigenvalue weighted by molar-refractivity contribution is 0.594. The molecule has 0 bridgehead atoms. The first-order chi connectivity index (χ1) is 9.31. The minimum absolute atomic E-state index is 0.150. The Labute approximate surface area is 124 Å². The van der Waals surface area contributed by atoms with Crippen LogP contribution in [0.2, 0.25) is 10.3 Å². The van der Waals surface area contributed by atoms with Gasteiger partial charge in [-0.1, -0.05) is 29.3 Å². The molecule has 0 fully saturated rings. The van der Waals surface area contributed by atoms with Gasteiger partial charge in [-0.15, -0.1) is 0 Å². The number of hydrogen-bond acceptors (Lipinski definition) is 4. The van der Waals surface area contributed by atoms with Crippen LogP contribution in [0.4, 0.5) is 10.1 Å². The molecule has 0 saturated heterocycles. The Hall–Kier alpha value is -1.44. The van der Waals surface area contributed by atoms with Gasteiger partial charge in [-0.05, 0) is 24.6 Å². The van der Waals surface area contributed by atoms with Crippen molar-refractivity contribution in [2.75, 3.05) is 4.72 Å². The lowest BCUT2D eigenvalue weighted by Gasteiger charge is -2.11. The summed E-state index contributed by atoms with van der Waals surface area (Å²) in [7, 11) is -4.05. The summed E-state index contributed by atoms with van der Waals surface area (Å²) < 4.78 is 39.8. The second-order valence-electron chi connectivity index (χ2n) is 3.85. The maximum Gasteiger partial charge on any atom is 0.262 e. The van der Waals surface area contributed by atoms with Crippen molar-refractivity contribution in [3.8, 4) is 0 Å². The summed E-state index contributed by atoms with van der Waals surface area (Å²) in [5.74, 6) is -0.669. The monoisotopic (exact) mass is 335 g/mol. The molecule has 0 spiro atoms. The fourth-order valence-electron chi connectivity index (χ4n) is 1.48. The maximum atomic E-state index is 13.2. The highest BCUT2D eigenvalue weighted by Crippen LogP contribution is 2.29. The average Bonchev–Trinajstić information content (AvgIpc) is 2.37. The summed E-state index contributed by atoms with van der Waals surface area (Å²) in [6, 6.07) is 3.43. The van der Waals surface area contributed by atoms with E-state index in [1.165, 1.54) is 12.1 Å². The second-order valence-corrected chi connectivity index (χ2v) is 6.21. The standard InChI is InChI=1S/C11H8Cl2FN3O2S/c1-6-2-3-7(14)4-8(6)20(18,19)17-9-10(12)15-5-16-11(9)13/h2-5,17H,1H3. The Morgan fingerprint density at radius 2 is 1.80 bits per heavy atom. The molecule has 1 N–H and O–H groups in total. The van der Waals surface area contributed by atoms with Crippen molar-refractivity contribution in [3.05, 3.63) is 46.2 Å². The molecule has 0 radical (unpaired) electrons. The van der Waals surface area contributed by atoms with Crippen LogP contribution in [0.25, 0.3) is 0 Å². The number of nitrogens with one attached hydrogen (secondary N) is 1. The highest BCUT2D eigenvalue weighted by atomic mass is 35.5. The molecule has 2 aromatic rings.